The molecule has 4 aromatic heterocycles. The molecule has 0 aliphatic rings. The fraction of sp³-hybridized carbons (Fsp3) is 0.300. The molecule has 1 atom stereocenters. The predicted molar refractivity (Wildman–Crippen MR) is 127 cm³/mol. The van der Waals surface area contributed by atoms with Gasteiger partial charge in [0.15, 0.2) is 5.69 Å². The van der Waals surface area contributed by atoms with Crippen molar-refractivity contribution in [2.75, 3.05) is 5.32 Å². The van der Waals surface area contributed by atoms with Gasteiger partial charge in [-0.1, -0.05) is 32.4 Å². The Morgan fingerprint density at radius 2 is 1.85 bits per heavy atom. The lowest BCUT2D eigenvalue weighted by Gasteiger charge is -2.19. The third kappa shape index (κ3) is 4.97. The smallest absolute Gasteiger partial charge is 0.272 e. The van der Waals surface area contributed by atoms with Gasteiger partial charge in [0.1, 0.15) is 26.6 Å². The van der Waals surface area contributed by atoms with Crippen LogP contribution < -0.4 is 10.6 Å². The summed E-state index contributed by atoms with van der Waals surface area (Å²) in [6.07, 6.45) is 4.24. The molecule has 170 valence electrons. The molecule has 4 heterocycles. The van der Waals surface area contributed by atoms with Crippen molar-refractivity contribution in [2.45, 2.75) is 39.2 Å². The van der Waals surface area contributed by atoms with Crippen LogP contribution >= 0.6 is 34.3 Å². The third-order valence-corrected chi connectivity index (χ3v) is 6.68. The Morgan fingerprint density at radius 1 is 1.06 bits per heavy atom. The van der Waals surface area contributed by atoms with Crippen molar-refractivity contribution in [3.63, 3.8) is 0 Å². The van der Waals surface area contributed by atoms with E-state index in [-0.39, 0.29) is 17.1 Å². The van der Waals surface area contributed by atoms with Gasteiger partial charge in [-0.2, -0.15) is 0 Å². The number of carbonyl (C=O) groups is 2. The van der Waals surface area contributed by atoms with E-state index >= 15 is 0 Å². The van der Waals surface area contributed by atoms with E-state index in [4.69, 9.17) is 11.6 Å². The summed E-state index contributed by atoms with van der Waals surface area (Å²) in [6.45, 7) is 7.69. The van der Waals surface area contributed by atoms with Gasteiger partial charge in [-0.15, -0.1) is 22.7 Å². The number of nitrogens with one attached hydrogen (secondary N) is 2. The zero-order valence-corrected chi connectivity index (χ0v) is 20.5. The molecule has 0 aliphatic heterocycles. The molecule has 4 rings (SSSR count). The van der Waals surface area contributed by atoms with Gasteiger partial charge in [-0.05, 0) is 6.92 Å². The maximum absolute atomic E-state index is 12.7. The second-order valence-electron chi connectivity index (χ2n) is 8.08. The van der Waals surface area contributed by atoms with Crippen molar-refractivity contribution < 1.29 is 9.59 Å². The van der Waals surface area contributed by atoms with E-state index in [1.807, 2.05) is 20.8 Å². The van der Waals surface area contributed by atoms with Crippen LogP contribution in [-0.4, -0.2) is 41.7 Å². The predicted octanol–water partition coefficient (Wildman–Crippen LogP) is 4.03. The molecule has 0 aromatic carbocycles. The van der Waals surface area contributed by atoms with Gasteiger partial charge in [0.05, 0.1) is 34.7 Å². The number of nitrogens with zero attached hydrogens (tertiary/aromatic N) is 6. The Labute approximate surface area is 201 Å². The van der Waals surface area contributed by atoms with E-state index < -0.39 is 17.9 Å². The largest absolute Gasteiger partial charge is 0.342 e. The molecular formula is C20H19ClN8O2S2. The average Bonchev–Trinajstić information content (AvgIpc) is 3.43. The van der Waals surface area contributed by atoms with Crippen LogP contribution in [0.4, 0.5) is 5.95 Å². The molecule has 13 heteroatoms. The minimum atomic E-state index is -0.452. The lowest BCUT2D eigenvalue weighted by atomic mass is 9.92. The molecule has 10 nitrogen and oxygen atoms in total. The van der Waals surface area contributed by atoms with Crippen molar-refractivity contribution in [3.05, 3.63) is 50.5 Å². The van der Waals surface area contributed by atoms with Crippen molar-refractivity contribution in [1.29, 1.82) is 0 Å². The summed E-state index contributed by atoms with van der Waals surface area (Å²) in [7, 11) is 0. The topological polar surface area (TPSA) is 136 Å². The lowest BCUT2D eigenvalue weighted by Crippen LogP contribution is -2.27. The highest BCUT2D eigenvalue weighted by Crippen LogP contribution is 2.28. The Balaban J connectivity index is 1.46. The molecule has 0 saturated heterocycles. The minimum absolute atomic E-state index is 0.154. The van der Waals surface area contributed by atoms with Crippen molar-refractivity contribution in [2.24, 2.45) is 0 Å². The number of aromatic nitrogens is 6. The fourth-order valence-electron chi connectivity index (χ4n) is 2.90. The summed E-state index contributed by atoms with van der Waals surface area (Å²) in [5.41, 5.74) is 2.58. The van der Waals surface area contributed by atoms with Crippen molar-refractivity contribution in [1.82, 2.24) is 35.2 Å². The summed E-state index contributed by atoms with van der Waals surface area (Å²) in [6, 6.07) is -0.452. The molecule has 33 heavy (non-hydrogen) atoms. The average molecular weight is 503 g/mol. The molecule has 2 amide bonds. The van der Waals surface area contributed by atoms with Gasteiger partial charge in [-0.3, -0.25) is 14.9 Å². The summed E-state index contributed by atoms with van der Waals surface area (Å²) in [5.74, 6) is -0.646. The maximum atomic E-state index is 12.7. The number of fused-ring (bicyclic) bond motifs is 1. The number of halogens is 1. The standard InChI is InChI=1S/C20H19ClN8O2S2/c1-9(27-16(31)12-13-18(25-7-24-12)32-8-26-13)17-22-6-11(33-17)15(30)29-19-23-5-10(21)14(28-19)20(2,3)4/h5-9H,1-4H3,(H,27,31)(H,23,28,29,30). The van der Waals surface area contributed by atoms with Gasteiger partial charge in [0, 0.05) is 5.41 Å². The maximum Gasteiger partial charge on any atom is 0.272 e. The van der Waals surface area contributed by atoms with Crippen LogP contribution in [-0.2, 0) is 5.41 Å². The van der Waals surface area contributed by atoms with Gasteiger partial charge >= 0.3 is 0 Å². The zero-order chi connectivity index (χ0) is 23.8. The third-order valence-electron chi connectivity index (χ3n) is 4.50. The summed E-state index contributed by atoms with van der Waals surface area (Å²) < 4.78 is 0. The van der Waals surface area contributed by atoms with Crippen LogP contribution in [0.25, 0.3) is 10.3 Å². The van der Waals surface area contributed by atoms with Crippen LogP contribution in [0.2, 0.25) is 5.02 Å². The highest BCUT2D eigenvalue weighted by molar-refractivity contribution is 7.16. The summed E-state index contributed by atoms with van der Waals surface area (Å²) in [5, 5.41) is 6.51. The molecule has 4 aromatic rings. The van der Waals surface area contributed by atoms with Crippen LogP contribution in [0, 0.1) is 0 Å². The van der Waals surface area contributed by atoms with Crippen LogP contribution in [0.5, 0.6) is 0 Å². The zero-order valence-electron chi connectivity index (χ0n) is 18.1. The molecule has 0 bridgehead atoms. The molecule has 0 spiro atoms. The van der Waals surface area contributed by atoms with Crippen LogP contribution in [0.15, 0.2) is 24.2 Å². The number of anilines is 1. The molecule has 2 N–H and O–H groups in total. The van der Waals surface area contributed by atoms with Crippen LogP contribution in [0.3, 0.4) is 0 Å². The van der Waals surface area contributed by atoms with Gasteiger partial charge in [0.25, 0.3) is 11.8 Å². The van der Waals surface area contributed by atoms with Crippen molar-refractivity contribution in [3.8, 4) is 0 Å². The quantitative estimate of drug-likeness (QED) is 0.417. The fourth-order valence-corrected chi connectivity index (χ4v) is 4.71. The molecule has 1 unspecified atom stereocenters. The molecule has 0 saturated carbocycles. The number of thiazole rings is 2. The van der Waals surface area contributed by atoms with Crippen LogP contribution in [0.1, 0.15) is 64.6 Å². The Kier molecular flexibility index (Phi) is 6.32. The monoisotopic (exact) mass is 502 g/mol. The Hall–Kier alpha value is -3.09. The van der Waals surface area contributed by atoms with E-state index in [0.29, 0.717) is 30.9 Å². The van der Waals surface area contributed by atoms with E-state index in [9.17, 15) is 9.59 Å². The van der Waals surface area contributed by atoms with Gasteiger partial charge in [0.2, 0.25) is 5.95 Å². The van der Waals surface area contributed by atoms with E-state index in [2.05, 4.69) is 40.5 Å². The highest BCUT2D eigenvalue weighted by Gasteiger charge is 2.23. The van der Waals surface area contributed by atoms with E-state index in [0.717, 1.165) is 11.3 Å². The Bertz CT molecular complexity index is 1350. The minimum Gasteiger partial charge on any atom is -0.342 e. The van der Waals surface area contributed by atoms with E-state index in [1.54, 1.807) is 12.4 Å². The summed E-state index contributed by atoms with van der Waals surface area (Å²) >= 11 is 8.68. The normalized spacial score (nSPS) is 12.5. The van der Waals surface area contributed by atoms with E-state index in [1.165, 1.54) is 30.1 Å². The first-order valence-corrected chi connectivity index (χ1v) is 11.9. The first-order chi connectivity index (χ1) is 15.6. The molecular weight excluding hydrogens is 484 g/mol. The first kappa shape index (κ1) is 23.1. The molecule has 0 radical (unpaired) electrons. The number of carbonyl (C=O) groups excluding carboxylic acids is 2. The number of hydrogen-bond acceptors (Lipinski definition) is 10. The van der Waals surface area contributed by atoms with Gasteiger partial charge < -0.3 is 5.32 Å². The molecule has 0 fully saturated rings. The number of amides is 2. The Morgan fingerprint density at radius 3 is 2.61 bits per heavy atom. The summed E-state index contributed by atoms with van der Waals surface area (Å²) in [4.78, 5) is 51.4. The lowest BCUT2D eigenvalue weighted by molar-refractivity contribution is 0.0935. The molecule has 0 aliphatic carbocycles. The second-order valence-corrected chi connectivity index (χ2v) is 10.4. The highest BCUT2D eigenvalue weighted by atomic mass is 35.5. The first-order valence-electron chi connectivity index (χ1n) is 9.78. The van der Waals surface area contributed by atoms with Gasteiger partial charge in [-0.25, -0.2) is 29.9 Å². The second kappa shape index (κ2) is 9.04. The SMILES string of the molecule is CC(NC(=O)c1ncnc2scnc12)c1ncc(C(=O)Nc2ncc(Cl)c(C(C)(C)C)n2)s1. The number of rotatable bonds is 5. The van der Waals surface area contributed by atoms with Crippen molar-refractivity contribution >= 4 is 62.4 Å². The number of hydrogen-bond donors (Lipinski definition) is 2.